The van der Waals surface area contributed by atoms with Crippen molar-refractivity contribution in [3.05, 3.63) is 58.9 Å². The number of nitrogens with two attached hydrogens (primary N) is 1. The van der Waals surface area contributed by atoms with Crippen molar-refractivity contribution in [2.75, 3.05) is 0 Å². The molecule has 1 heterocycles. The van der Waals surface area contributed by atoms with Crippen LogP contribution in [0, 0.1) is 0 Å². The van der Waals surface area contributed by atoms with E-state index in [1.54, 1.807) is 18.0 Å². The van der Waals surface area contributed by atoms with Gasteiger partial charge in [0.1, 0.15) is 0 Å². The first-order valence-corrected chi connectivity index (χ1v) is 6.67. The van der Waals surface area contributed by atoms with E-state index in [-0.39, 0.29) is 0 Å². The molecule has 0 aliphatic rings. The Kier molecular flexibility index (Phi) is 4.42. The number of pyridine rings is 1. The molecule has 0 saturated heterocycles. The Morgan fingerprint density at radius 2 is 2.06 bits per heavy atom. The summed E-state index contributed by atoms with van der Waals surface area (Å²) >= 11 is 7.81. The van der Waals surface area contributed by atoms with Crippen LogP contribution in [-0.4, -0.2) is 4.98 Å². The van der Waals surface area contributed by atoms with Gasteiger partial charge in [0.15, 0.2) is 0 Å². The van der Waals surface area contributed by atoms with Gasteiger partial charge in [0, 0.05) is 23.4 Å². The fourth-order valence-corrected chi connectivity index (χ4v) is 2.63. The highest BCUT2D eigenvalue weighted by Gasteiger charge is 2.01. The third-order valence-electron chi connectivity index (χ3n) is 2.32. The Labute approximate surface area is 110 Å². The highest BCUT2D eigenvalue weighted by molar-refractivity contribution is 7.98. The predicted molar refractivity (Wildman–Crippen MR) is 73.1 cm³/mol. The first-order chi connectivity index (χ1) is 8.29. The molecular formula is C13H13ClN2S. The van der Waals surface area contributed by atoms with E-state index in [2.05, 4.69) is 4.98 Å². The third kappa shape index (κ3) is 3.46. The quantitative estimate of drug-likeness (QED) is 0.860. The van der Waals surface area contributed by atoms with Crippen molar-refractivity contribution >= 4 is 23.4 Å². The maximum atomic E-state index is 6.10. The van der Waals surface area contributed by atoms with Gasteiger partial charge in [0.25, 0.3) is 0 Å². The zero-order chi connectivity index (χ0) is 12.1. The number of halogens is 1. The maximum absolute atomic E-state index is 6.10. The topological polar surface area (TPSA) is 38.9 Å². The van der Waals surface area contributed by atoms with E-state index in [4.69, 9.17) is 17.3 Å². The number of hydrogen-bond acceptors (Lipinski definition) is 3. The zero-order valence-electron chi connectivity index (χ0n) is 9.27. The molecule has 0 amide bonds. The molecule has 2 nitrogen and oxygen atoms in total. The lowest BCUT2D eigenvalue weighted by Gasteiger charge is -2.05. The van der Waals surface area contributed by atoms with Gasteiger partial charge in [-0.05, 0) is 29.8 Å². The second kappa shape index (κ2) is 6.05. The lowest BCUT2D eigenvalue weighted by molar-refractivity contribution is 0.983. The van der Waals surface area contributed by atoms with E-state index in [9.17, 15) is 0 Å². The molecule has 2 aromatic rings. The Balaban J connectivity index is 2.05. The molecule has 0 aliphatic carbocycles. The SMILES string of the molecule is NCc1cc(CSc2ccccc2Cl)ccn1. The van der Waals surface area contributed by atoms with Crippen molar-refractivity contribution in [1.29, 1.82) is 0 Å². The molecular weight excluding hydrogens is 252 g/mol. The fraction of sp³-hybridized carbons (Fsp3) is 0.154. The minimum atomic E-state index is 0.477. The molecule has 0 spiro atoms. The van der Waals surface area contributed by atoms with Crippen LogP contribution in [0.4, 0.5) is 0 Å². The highest BCUT2D eigenvalue weighted by Crippen LogP contribution is 2.29. The van der Waals surface area contributed by atoms with Crippen LogP contribution in [0.15, 0.2) is 47.5 Å². The monoisotopic (exact) mass is 264 g/mol. The van der Waals surface area contributed by atoms with E-state index in [1.807, 2.05) is 36.4 Å². The third-order valence-corrected chi connectivity index (χ3v) is 3.91. The van der Waals surface area contributed by atoms with Crippen molar-refractivity contribution in [3.63, 3.8) is 0 Å². The Hall–Kier alpha value is -1.03. The van der Waals surface area contributed by atoms with Crippen LogP contribution in [0.5, 0.6) is 0 Å². The van der Waals surface area contributed by atoms with Crippen molar-refractivity contribution < 1.29 is 0 Å². The van der Waals surface area contributed by atoms with Crippen LogP contribution in [0.3, 0.4) is 0 Å². The van der Waals surface area contributed by atoms with Gasteiger partial charge in [-0.2, -0.15) is 0 Å². The van der Waals surface area contributed by atoms with Gasteiger partial charge in [-0.15, -0.1) is 11.8 Å². The smallest absolute Gasteiger partial charge is 0.0542 e. The van der Waals surface area contributed by atoms with Gasteiger partial charge < -0.3 is 5.73 Å². The average Bonchev–Trinajstić information content (AvgIpc) is 2.38. The molecule has 1 aromatic carbocycles. The fourth-order valence-electron chi connectivity index (χ4n) is 1.45. The van der Waals surface area contributed by atoms with Crippen LogP contribution in [0.25, 0.3) is 0 Å². The number of aromatic nitrogens is 1. The van der Waals surface area contributed by atoms with E-state index < -0.39 is 0 Å². The first kappa shape index (κ1) is 12.4. The van der Waals surface area contributed by atoms with Crippen molar-refractivity contribution in [2.24, 2.45) is 5.73 Å². The van der Waals surface area contributed by atoms with Crippen LogP contribution < -0.4 is 5.73 Å². The molecule has 0 saturated carbocycles. The summed E-state index contributed by atoms with van der Waals surface area (Å²) in [5.74, 6) is 0.874. The summed E-state index contributed by atoms with van der Waals surface area (Å²) in [6.07, 6.45) is 1.80. The minimum absolute atomic E-state index is 0.477. The Bertz CT molecular complexity index is 502. The van der Waals surface area contributed by atoms with Gasteiger partial charge in [-0.25, -0.2) is 0 Å². The lowest BCUT2D eigenvalue weighted by atomic mass is 10.2. The molecule has 0 aliphatic heterocycles. The van der Waals surface area contributed by atoms with E-state index in [0.29, 0.717) is 6.54 Å². The summed E-state index contributed by atoms with van der Waals surface area (Å²) in [6, 6.07) is 11.9. The maximum Gasteiger partial charge on any atom is 0.0542 e. The van der Waals surface area contributed by atoms with Gasteiger partial charge in [0.05, 0.1) is 10.7 Å². The van der Waals surface area contributed by atoms with Gasteiger partial charge in [-0.3, -0.25) is 4.98 Å². The standard InChI is InChI=1S/C13H13ClN2S/c14-12-3-1-2-4-13(12)17-9-10-5-6-16-11(7-10)8-15/h1-7H,8-9,15H2. The zero-order valence-corrected chi connectivity index (χ0v) is 10.8. The van der Waals surface area contributed by atoms with E-state index in [0.717, 1.165) is 21.4 Å². The van der Waals surface area contributed by atoms with Crippen LogP contribution in [0.1, 0.15) is 11.3 Å². The summed E-state index contributed by atoms with van der Waals surface area (Å²) < 4.78 is 0. The average molecular weight is 265 g/mol. The molecule has 88 valence electrons. The molecule has 0 bridgehead atoms. The number of nitrogens with zero attached hydrogens (tertiary/aromatic N) is 1. The van der Waals surface area contributed by atoms with Gasteiger partial charge in [0.2, 0.25) is 0 Å². The largest absolute Gasteiger partial charge is 0.325 e. The number of rotatable bonds is 4. The second-order valence-corrected chi connectivity index (χ2v) is 5.00. The number of hydrogen-bond donors (Lipinski definition) is 1. The Morgan fingerprint density at radius 3 is 2.82 bits per heavy atom. The van der Waals surface area contributed by atoms with Crippen molar-refractivity contribution in [1.82, 2.24) is 4.98 Å². The molecule has 2 rings (SSSR count). The molecule has 17 heavy (non-hydrogen) atoms. The summed E-state index contributed by atoms with van der Waals surface area (Å²) in [5.41, 5.74) is 7.69. The molecule has 0 atom stereocenters. The van der Waals surface area contributed by atoms with E-state index in [1.165, 1.54) is 5.56 Å². The summed E-state index contributed by atoms with van der Waals surface area (Å²) in [4.78, 5) is 5.27. The van der Waals surface area contributed by atoms with Gasteiger partial charge in [-0.1, -0.05) is 23.7 Å². The van der Waals surface area contributed by atoms with Crippen LogP contribution in [-0.2, 0) is 12.3 Å². The predicted octanol–water partition coefficient (Wildman–Crippen LogP) is 3.49. The Morgan fingerprint density at radius 1 is 1.24 bits per heavy atom. The van der Waals surface area contributed by atoms with Crippen LogP contribution >= 0.6 is 23.4 Å². The second-order valence-electron chi connectivity index (χ2n) is 3.58. The lowest BCUT2D eigenvalue weighted by Crippen LogP contribution is -1.99. The van der Waals surface area contributed by atoms with Crippen molar-refractivity contribution in [3.8, 4) is 0 Å². The molecule has 4 heteroatoms. The molecule has 0 radical (unpaired) electrons. The van der Waals surface area contributed by atoms with Crippen molar-refractivity contribution in [2.45, 2.75) is 17.2 Å². The molecule has 0 unspecified atom stereocenters. The molecule has 1 aromatic heterocycles. The summed E-state index contributed by atoms with van der Waals surface area (Å²) in [5, 5.41) is 0.797. The van der Waals surface area contributed by atoms with Crippen LogP contribution in [0.2, 0.25) is 5.02 Å². The van der Waals surface area contributed by atoms with E-state index >= 15 is 0 Å². The normalized spacial score (nSPS) is 10.5. The summed E-state index contributed by atoms with van der Waals surface area (Å²) in [6.45, 7) is 0.477. The van der Waals surface area contributed by atoms with Gasteiger partial charge >= 0.3 is 0 Å². The molecule has 0 fully saturated rings. The number of thioether (sulfide) groups is 1. The number of benzene rings is 1. The first-order valence-electron chi connectivity index (χ1n) is 5.31. The highest BCUT2D eigenvalue weighted by atomic mass is 35.5. The minimum Gasteiger partial charge on any atom is -0.325 e. The summed E-state index contributed by atoms with van der Waals surface area (Å²) in [7, 11) is 0. The molecule has 2 N–H and O–H groups in total.